The summed E-state index contributed by atoms with van der Waals surface area (Å²) in [5.74, 6) is -2.45. The molecule has 3 aromatic rings. The Hall–Kier alpha value is -1.69. The molecule has 0 saturated heterocycles. The minimum atomic E-state index is -1.48. The molecule has 0 bridgehead atoms. The third kappa shape index (κ3) is 6.75. The van der Waals surface area contributed by atoms with Crippen molar-refractivity contribution in [2.24, 2.45) is 0 Å². The molecule has 1 atom stereocenters. The average molecular weight is 684 g/mol. The summed E-state index contributed by atoms with van der Waals surface area (Å²) in [6.45, 7) is 1.78. The van der Waals surface area contributed by atoms with Crippen LogP contribution in [-0.4, -0.2) is 28.1 Å². The second kappa shape index (κ2) is 12.0. The van der Waals surface area contributed by atoms with Gasteiger partial charge >= 0.3 is 5.97 Å². The van der Waals surface area contributed by atoms with E-state index >= 15 is 0 Å². The molecule has 0 saturated carbocycles. The molecule has 3 aromatic carbocycles. The van der Waals surface area contributed by atoms with Crippen LogP contribution in [0.4, 0.5) is 11.4 Å². The van der Waals surface area contributed by atoms with E-state index in [0.29, 0.717) is 11.4 Å². The average Bonchev–Trinajstić information content (AvgIpc) is 2.82. The molecule has 0 aliphatic carbocycles. The summed E-state index contributed by atoms with van der Waals surface area (Å²) < 4.78 is 1.07. The van der Waals surface area contributed by atoms with Crippen molar-refractivity contribution >= 4 is 110 Å². The van der Waals surface area contributed by atoms with Crippen molar-refractivity contribution in [1.29, 1.82) is 0 Å². The van der Waals surface area contributed by atoms with E-state index in [1.54, 1.807) is 31.2 Å². The number of amides is 2. The minimum absolute atomic E-state index is 0.152. The Morgan fingerprint density at radius 3 is 1.83 bits per heavy atom. The first-order chi connectivity index (χ1) is 16.5. The van der Waals surface area contributed by atoms with E-state index in [9.17, 15) is 19.5 Å². The number of aromatic carboxylic acids is 1. The fourth-order valence-corrected chi connectivity index (χ4v) is 5.14. The molecule has 2 amide bonds. The van der Waals surface area contributed by atoms with Gasteiger partial charge in [0.2, 0.25) is 5.91 Å². The third-order valence-electron chi connectivity index (χ3n) is 4.61. The number of carboxylic acids is 1. The summed E-state index contributed by atoms with van der Waals surface area (Å²) in [5, 5.41) is 13.4. The number of rotatable bonds is 7. The van der Waals surface area contributed by atoms with Gasteiger partial charge in [-0.3, -0.25) is 9.59 Å². The van der Waals surface area contributed by atoms with E-state index in [1.165, 1.54) is 11.8 Å². The molecule has 12 heteroatoms. The van der Waals surface area contributed by atoms with E-state index in [2.05, 4.69) is 33.2 Å². The number of thioether (sulfide) groups is 1. The van der Waals surface area contributed by atoms with Crippen molar-refractivity contribution < 1.29 is 19.5 Å². The molecular weight excluding hydrogens is 669 g/mol. The Kier molecular flexibility index (Phi) is 9.59. The highest BCUT2D eigenvalue weighted by molar-refractivity contribution is 14.1. The van der Waals surface area contributed by atoms with Gasteiger partial charge in [-0.05, 0) is 78.0 Å². The lowest BCUT2D eigenvalue weighted by molar-refractivity contribution is -0.115. The van der Waals surface area contributed by atoms with Gasteiger partial charge in [0.1, 0.15) is 0 Å². The molecule has 1 unspecified atom stereocenters. The normalized spacial score (nSPS) is 11.6. The van der Waals surface area contributed by atoms with Gasteiger partial charge in [-0.15, -0.1) is 11.8 Å². The Labute approximate surface area is 238 Å². The van der Waals surface area contributed by atoms with Gasteiger partial charge in [-0.2, -0.15) is 0 Å². The first-order valence-corrected chi connectivity index (χ1v) is 13.2. The van der Waals surface area contributed by atoms with Crippen LogP contribution in [-0.2, 0) is 4.79 Å². The van der Waals surface area contributed by atoms with Crippen LogP contribution in [0.2, 0.25) is 20.1 Å². The number of anilines is 2. The van der Waals surface area contributed by atoms with Crippen molar-refractivity contribution in [3.05, 3.63) is 83.3 Å². The first kappa shape index (κ1) is 27.9. The smallest absolute Gasteiger partial charge is 0.338 e. The highest BCUT2D eigenvalue weighted by atomic mass is 127. The van der Waals surface area contributed by atoms with Crippen LogP contribution >= 0.6 is 80.8 Å². The second-order valence-corrected chi connectivity index (χ2v) is 11.2. The van der Waals surface area contributed by atoms with Crippen LogP contribution in [0.15, 0.2) is 53.4 Å². The summed E-state index contributed by atoms with van der Waals surface area (Å²) in [4.78, 5) is 37.8. The van der Waals surface area contributed by atoms with Gasteiger partial charge in [-0.1, -0.05) is 46.4 Å². The van der Waals surface area contributed by atoms with Gasteiger partial charge in [0.05, 0.1) is 36.5 Å². The van der Waals surface area contributed by atoms with E-state index in [1.807, 2.05) is 24.3 Å². The standard InChI is InChI=1S/C23H15Cl4IN2O4S/c1-10(21(31)29-12-4-2-11(28)3-5-12)35-14-8-6-13(7-9-14)30-22(32)15-16(23(33)34)18(25)20(27)19(26)17(15)24/h2-10H,1H3,(H,29,31)(H,30,32)(H,33,34). The predicted octanol–water partition coefficient (Wildman–Crippen LogP) is 7.97. The summed E-state index contributed by atoms with van der Waals surface area (Å²) in [5.41, 5.74) is 0.120. The highest BCUT2D eigenvalue weighted by Gasteiger charge is 2.29. The van der Waals surface area contributed by atoms with Gasteiger partial charge in [0, 0.05) is 19.8 Å². The minimum Gasteiger partial charge on any atom is -0.478 e. The maximum Gasteiger partial charge on any atom is 0.338 e. The maximum absolute atomic E-state index is 12.8. The first-order valence-electron chi connectivity index (χ1n) is 9.73. The lowest BCUT2D eigenvalue weighted by atomic mass is 10.1. The Bertz CT molecular complexity index is 1300. The van der Waals surface area contributed by atoms with Gasteiger partial charge in [-0.25, -0.2) is 4.79 Å². The van der Waals surface area contributed by atoms with Crippen LogP contribution in [0.5, 0.6) is 0 Å². The molecule has 0 fully saturated rings. The van der Waals surface area contributed by atoms with Crippen molar-refractivity contribution in [2.75, 3.05) is 10.6 Å². The Balaban J connectivity index is 1.71. The molecule has 3 N–H and O–H groups in total. The number of carbonyl (C=O) groups is 3. The lowest BCUT2D eigenvalue weighted by Crippen LogP contribution is -2.22. The third-order valence-corrected chi connectivity index (χ3v) is 8.25. The van der Waals surface area contributed by atoms with Crippen LogP contribution < -0.4 is 10.6 Å². The number of carboxylic acid groups (broad SMARTS) is 1. The van der Waals surface area contributed by atoms with Crippen molar-refractivity contribution in [3.8, 4) is 0 Å². The number of benzene rings is 3. The molecule has 0 radical (unpaired) electrons. The highest BCUT2D eigenvalue weighted by Crippen LogP contribution is 2.42. The van der Waals surface area contributed by atoms with E-state index in [0.717, 1.165) is 8.47 Å². The van der Waals surface area contributed by atoms with Crippen molar-refractivity contribution in [2.45, 2.75) is 17.1 Å². The molecule has 0 aliphatic heterocycles. The molecular formula is C23H15Cl4IN2O4S. The topological polar surface area (TPSA) is 95.5 Å². The second-order valence-electron chi connectivity index (χ2n) is 7.05. The fourth-order valence-electron chi connectivity index (χ4n) is 2.89. The predicted molar refractivity (Wildman–Crippen MR) is 151 cm³/mol. The fraction of sp³-hybridized carbons (Fsp3) is 0.0870. The molecule has 6 nitrogen and oxygen atoms in total. The Morgan fingerprint density at radius 2 is 1.29 bits per heavy atom. The summed E-state index contributed by atoms with van der Waals surface area (Å²) in [6, 6.07) is 14.1. The monoisotopic (exact) mass is 682 g/mol. The number of nitrogens with one attached hydrogen (secondary N) is 2. The molecule has 182 valence electrons. The van der Waals surface area contributed by atoms with Crippen LogP contribution in [0.1, 0.15) is 27.6 Å². The van der Waals surface area contributed by atoms with Gasteiger partial charge in [0.25, 0.3) is 5.91 Å². The summed E-state index contributed by atoms with van der Waals surface area (Å²) in [6.07, 6.45) is 0. The summed E-state index contributed by atoms with van der Waals surface area (Å²) >= 11 is 27.6. The van der Waals surface area contributed by atoms with Crippen LogP contribution in [0.3, 0.4) is 0 Å². The lowest BCUT2D eigenvalue weighted by Gasteiger charge is -2.15. The number of carbonyl (C=O) groups excluding carboxylic acids is 2. The summed E-state index contributed by atoms with van der Waals surface area (Å²) in [7, 11) is 0. The van der Waals surface area contributed by atoms with Crippen molar-refractivity contribution in [3.63, 3.8) is 0 Å². The SMILES string of the molecule is CC(Sc1ccc(NC(=O)c2c(Cl)c(Cl)c(Cl)c(Cl)c2C(=O)O)cc1)C(=O)Nc1ccc(I)cc1. The quantitative estimate of drug-likeness (QED) is 0.102. The van der Waals surface area contributed by atoms with Gasteiger partial charge in [0.15, 0.2) is 0 Å². The maximum atomic E-state index is 12.8. The zero-order chi connectivity index (χ0) is 25.9. The number of hydrogen-bond acceptors (Lipinski definition) is 4. The largest absolute Gasteiger partial charge is 0.478 e. The molecule has 0 aromatic heterocycles. The molecule has 35 heavy (non-hydrogen) atoms. The zero-order valence-corrected chi connectivity index (χ0v) is 23.7. The van der Waals surface area contributed by atoms with E-state index in [4.69, 9.17) is 46.4 Å². The number of hydrogen-bond donors (Lipinski definition) is 3. The van der Waals surface area contributed by atoms with Gasteiger partial charge < -0.3 is 15.7 Å². The molecule has 3 rings (SSSR count). The van der Waals surface area contributed by atoms with E-state index < -0.39 is 23.0 Å². The van der Waals surface area contributed by atoms with Crippen LogP contribution in [0.25, 0.3) is 0 Å². The number of halogens is 5. The zero-order valence-electron chi connectivity index (χ0n) is 17.7. The van der Waals surface area contributed by atoms with E-state index in [-0.39, 0.29) is 31.2 Å². The molecule has 0 aliphatic rings. The van der Waals surface area contributed by atoms with Crippen molar-refractivity contribution in [1.82, 2.24) is 0 Å². The Morgan fingerprint density at radius 1 is 0.800 bits per heavy atom. The molecule has 0 spiro atoms. The van der Waals surface area contributed by atoms with Crippen LogP contribution in [0, 0.1) is 3.57 Å². The molecule has 0 heterocycles.